The molecule has 2 rings (SSSR count). The first-order valence-corrected chi connectivity index (χ1v) is 7.65. The molecule has 0 fully saturated rings. The molecule has 1 N–H and O–H groups in total. The van der Waals surface area contributed by atoms with Crippen LogP contribution in [0.25, 0.3) is 0 Å². The Labute approximate surface area is 119 Å². The van der Waals surface area contributed by atoms with Gasteiger partial charge in [-0.05, 0) is 44.4 Å². The Morgan fingerprint density at radius 1 is 1.21 bits per heavy atom. The van der Waals surface area contributed by atoms with E-state index in [0.29, 0.717) is 6.04 Å². The van der Waals surface area contributed by atoms with Crippen molar-refractivity contribution in [1.82, 2.24) is 10.3 Å². The summed E-state index contributed by atoms with van der Waals surface area (Å²) in [6.07, 6.45) is 2.88. The van der Waals surface area contributed by atoms with E-state index in [1.165, 1.54) is 27.3 Å². The molecule has 1 atom stereocenters. The maximum Gasteiger partial charge on any atom is 0.0937 e. The Kier molecular flexibility index (Phi) is 4.72. The summed E-state index contributed by atoms with van der Waals surface area (Å²) in [4.78, 5) is 4.31. The van der Waals surface area contributed by atoms with Gasteiger partial charge in [-0.2, -0.15) is 0 Å². The molecule has 19 heavy (non-hydrogen) atoms. The van der Waals surface area contributed by atoms with Gasteiger partial charge in [0, 0.05) is 30.6 Å². The van der Waals surface area contributed by atoms with Crippen molar-refractivity contribution in [3.8, 4) is 0 Å². The highest BCUT2D eigenvalue weighted by Gasteiger charge is 2.11. The van der Waals surface area contributed by atoms with Gasteiger partial charge in [0.25, 0.3) is 0 Å². The van der Waals surface area contributed by atoms with Crippen LogP contribution in [-0.2, 0) is 6.42 Å². The van der Waals surface area contributed by atoms with E-state index < -0.39 is 0 Å². The maximum absolute atomic E-state index is 4.31. The number of aryl methyl sites for hydroxylation is 3. The monoisotopic (exact) mass is 274 g/mol. The van der Waals surface area contributed by atoms with Crippen molar-refractivity contribution in [3.05, 3.63) is 51.0 Å². The van der Waals surface area contributed by atoms with Gasteiger partial charge in [0.05, 0.1) is 5.01 Å². The fraction of sp³-hybridized carbons (Fsp3) is 0.438. The SMILES string of the molecule is Cc1cc(C)c(C(C)NCCc2nccs2)c(C)c1. The Hall–Kier alpha value is -1.19. The minimum atomic E-state index is 0.389. The first kappa shape index (κ1) is 14.2. The van der Waals surface area contributed by atoms with E-state index in [-0.39, 0.29) is 0 Å². The molecule has 0 aliphatic heterocycles. The van der Waals surface area contributed by atoms with Gasteiger partial charge in [0.2, 0.25) is 0 Å². The molecule has 0 spiro atoms. The molecule has 0 radical (unpaired) electrons. The van der Waals surface area contributed by atoms with Crippen LogP contribution in [0.5, 0.6) is 0 Å². The van der Waals surface area contributed by atoms with Gasteiger partial charge in [-0.1, -0.05) is 17.7 Å². The molecular weight excluding hydrogens is 252 g/mol. The Balaban J connectivity index is 1.98. The first-order chi connectivity index (χ1) is 9.08. The van der Waals surface area contributed by atoms with Gasteiger partial charge in [-0.3, -0.25) is 0 Å². The maximum atomic E-state index is 4.31. The molecule has 2 aromatic rings. The third-order valence-electron chi connectivity index (χ3n) is 3.44. The first-order valence-electron chi connectivity index (χ1n) is 6.77. The fourth-order valence-corrected chi connectivity index (χ4v) is 3.37. The molecule has 0 bridgehead atoms. The van der Waals surface area contributed by atoms with Crippen LogP contribution in [0.4, 0.5) is 0 Å². The highest BCUT2D eigenvalue weighted by Crippen LogP contribution is 2.23. The topological polar surface area (TPSA) is 24.9 Å². The molecule has 3 heteroatoms. The summed E-state index contributed by atoms with van der Waals surface area (Å²) in [6.45, 7) is 9.78. The fourth-order valence-electron chi connectivity index (χ4n) is 2.75. The van der Waals surface area contributed by atoms with Crippen LogP contribution in [0.1, 0.15) is 40.2 Å². The number of rotatable bonds is 5. The van der Waals surface area contributed by atoms with Crippen molar-refractivity contribution in [2.75, 3.05) is 6.54 Å². The molecule has 0 amide bonds. The molecule has 0 saturated carbocycles. The van der Waals surface area contributed by atoms with Crippen molar-refractivity contribution in [1.29, 1.82) is 0 Å². The highest BCUT2D eigenvalue weighted by atomic mass is 32.1. The molecule has 1 aromatic heterocycles. The normalized spacial score (nSPS) is 12.6. The average Bonchev–Trinajstić information content (AvgIpc) is 2.80. The molecule has 0 aliphatic rings. The van der Waals surface area contributed by atoms with Crippen molar-refractivity contribution in [2.45, 2.75) is 40.2 Å². The lowest BCUT2D eigenvalue weighted by Crippen LogP contribution is -2.22. The van der Waals surface area contributed by atoms with Crippen molar-refractivity contribution in [3.63, 3.8) is 0 Å². The van der Waals surface area contributed by atoms with Gasteiger partial charge in [0.15, 0.2) is 0 Å². The highest BCUT2D eigenvalue weighted by molar-refractivity contribution is 7.09. The lowest BCUT2D eigenvalue weighted by molar-refractivity contribution is 0.571. The van der Waals surface area contributed by atoms with E-state index >= 15 is 0 Å². The second kappa shape index (κ2) is 6.31. The van der Waals surface area contributed by atoms with E-state index in [4.69, 9.17) is 0 Å². The summed E-state index contributed by atoms with van der Waals surface area (Å²) in [7, 11) is 0. The number of thiazole rings is 1. The number of hydrogen-bond donors (Lipinski definition) is 1. The number of nitrogens with one attached hydrogen (secondary N) is 1. The predicted molar refractivity (Wildman–Crippen MR) is 82.9 cm³/mol. The molecule has 1 unspecified atom stereocenters. The minimum Gasteiger partial charge on any atom is -0.310 e. The predicted octanol–water partition coefficient (Wildman–Crippen LogP) is 3.96. The smallest absolute Gasteiger partial charge is 0.0937 e. The Bertz CT molecular complexity index is 509. The zero-order valence-corrected chi connectivity index (χ0v) is 13.0. The molecule has 1 heterocycles. The van der Waals surface area contributed by atoms with Gasteiger partial charge >= 0.3 is 0 Å². The lowest BCUT2D eigenvalue weighted by atomic mass is 9.95. The van der Waals surface area contributed by atoms with Crippen molar-refractivity contribution in [2.24, 2.45) is 0 Å². The zero-order valence-electron chi connectivity index (χ0n) is 12.2. The summed E-state index contributed by atoms with van der Waals surface area (Å²) in [5.41, 5.74) is 5.54. The average molecular weight is 274 g/mol. The van der Waals surface area contributed by atoms with Crippen LogP contribution in [0.3, 0.4) is 0 Å². The molecule has 0 saturated heterocycles. The third kappa shape index (κ3) is 3.64. The third-order valence-corrected chi connectivity index (χ3v) is 4.28. The Morgan fingerprint density at radius 2 is 1.89 bits per heavy atom. The van der Waals surface area contributed by atoms with E-state index in [1.807, 2.05) is 11.6 Å². The van der Waals surface area contributed by atoms with Crippen LogP contribution in [0.15, 0.2) is 23.7 Å². The van der Waals surface area contributed by atoms with E-state index in [9.17, 15) is 0 Å². The summed E-state index contributed by atoms with van der Waals surface area (Å²) in [6, 6.07) is 4.92. The van der Waals surface area contributed by atoms with Gasteiger partial charge in [-0.15, -0.1) is 11.3 Å². The summed E-state index contributed by atoms with van der Waals surface area (Å²) >= 11 is 1.73. The molecule has 1 aromatic carbocycles. The quantitative estimate of drug-likeness (QED) is 0.892. The van der Waals surface area contributed by atoms with E-state index in [1.54, 1.807) is 11.3 Å². The summed E-state index contributed by atoms with van der Waals surface area (Å²) < 4.78 is 0. The summed E-state index contributed by atoms with van der Waals surface area (Å²) in [5.74, 6) is 0. The standard InChI is InChI=1S/C16H22N2S/c1-11-9-12(2)16(13(3)10-11)14(4)17-6-5-15-18-7-8-19-15/h7-10,14,17H,5-6H2,1-4H3. The van der Waals surface area contributed by atoms with Crippen molar-refractivity contribution >= 4 is 11.3 Å². The van der Waals surface area contributed by atoms with Gasteiger partial charge in [-0.25, -0.2) is 4.98 Å². The van der Waals surface area contributed by atoms with Crippen LogP contribution < -0.4 is 5.32 Å². The molecule has 2 nitrogen and oxygen atoms in total. The lowest BCUT2D eigenvalue weighted by Gasteiger charge is -2.19. The van der Waals surface area contributed by atoms with Gasteiger partial charge in [0.1, 0.15) is 0 Å². The second-order valence-corrected chi connectivity index (χ2v) is 6.14. The molecular formula is C16H22N2S. The van der Waals surface area contributed by atoms with E-state index in [0.717, 1.165) is 13.0 Å². The number of hydrogen-bond acceptors (Lipinski definition) is 3. The Morgan fingerprint density at radius 3 is 2.47 bits per heavy atom. The van der Waals surface area contributed by atoms with Gasteiger partial charge < -0.3 is 5.32 Å². The van der Waals surface area contributed by atoms with Crippen LogP contribution in [-0.4, -0.2) is 11.5 Å². The molecule has 102 valence electrons. The summed E-state index contributed by atoms with van der Waals surface area (Å²) in [5, 5.41) is 6.85. The number of aromatic nitrogens is 1. The number of benzene rings is 1. The van der Waals surface area contributed by atoms with Crippen molar-refractivity contribution < 1.29 is 0 Å². The minimum absolute atomic E-state index is 0.389. The number of nitrogens with zero attached hydrogens (tertiary/aromatic N) is 1. The van der Waals surface area contributed by atoms with Crippen LogP contribution >= 0.6 is 11.3 Å². The largest absolute Gasteiger partial charge is 0.310 e. The van der Waals surface area contributed by atoms with Crippen LogP contribution in [0, 0.1) is 20.8 Å². The van der Waals surface area contributed by atoms with Crippen LogP contribution in [0.2, 0.25) is 0 Å². The second-order valence-electron chi connectivity index (χ2n) is 5.16. The zero-order chi connectivity index (χ0) is 13.8. The van der Waals surface area contributed by atoms with E-state index in [2.05, 4.69) is 50.1 Å². The molecule has 0 aliphatic carbocycles.